The number of rotatable bonds is 4. The second kappa shape index (κ2) is 5.75. The van der Waals surface area contributed by atoms with Crippen LogP contribution in [0.25, 0.3) is 10.8 Å². The van der Waals surface area contributed by atoms with Gasteiger partial charge in [-0.05, 0) is 29.9 Å². The molecule has 1 saturated carbocycles. The van der Waals surface area contributed by atoms with Crippen LogP contribution in [0.3, 0.4) is 0 Å². The Morgan fingerprint density at radius 3 is 3.05 bits per heavy atom. The number of ether oxygens (including phenoxy) is 1. The highest BCUT2D eigenvalue weighted by molar-refractivity contribution is 6.36. The van der Waals surface area contributed by atoms with Gasteiger partial charge in [-0.1, -0.05) is 23.2 Å². The number of nitrogens with one attached hydrogen (secondary N) is 1. The second-order valence-corrected chi connectivity index (χ2v) is 5.82. The Morgan fingerprint density at radius 2 is 2.29 bits per heavy atom. The van der Waals surface area contributed by atoms with E-state index in [4.69, 9.17) is 27.9 Å². The summed E-state index contributed by atoms with van der Waals surface area (Å²) < 4.78 is 5.05. The Morgan fingerprint density at radius 1 is 1.48 bits per heavy atom. The first kappa shape index (κ1) is 14.5. The van der Waals surface area contributed by atoms with Crippen LogP contribution in [-0.2, 0) is 9.53 Å². The van der Waals surface area contributed by atoms with Gasteiger partial charge in [-0.3, -0.25) is 4.79 Å². The van der Waals surface area contributed by atoms with Crippen molar-refractivity contribution < 1.29 is 9.53 Å². The number of aromatic nitrogens is 2. The molecule has 2 aromatic rings. The normalized spacial score (nSPS) is 20.5. The molecule has 2 aromatic heterocycles. The third-order valence-corrected chi connectivity index (χ3v) is 4.01. The summed E-state index contributed by atoms with van der Waals surface area (Å²) >= 11 is 11.9. The molecule has 0 aliphatic heterocycles. The quantitative estimate of drug-likeness (QED) is 0.877. The Kier molecular flexibility index (Phi) is 3.97. The van der Waals surface area contributed by atoms with Crippen LogP contribution >= 0.6 is 23.2 Å². The fourth-order valence-electron chi connectivity index (χ4n) is 2.33. The van der Waals surface area contributed by atoms with E-state index in [0.29, 0.717) is 34.0 Å². The number of nitrogens with zero attached hydrogens (tertiary/aromatic N) is 2. The van der Waals surface area contributed by atoms with Crippen LogP contribution < -0.4 is 5.32 Å². The maximum Gasteiger partial charge on any atom is 0.229 e. The maximum absolute atomic E-state index is 12.1. The number of amides is 1. The predicted octanol–water partition coefficient (Wildman–Crippen LogP) is 3.16. The van der Waals surface area contributed by atoms with Crippen molar-refractivity contribution in [2.75, 3.05) is 19.0 Å². The first-order valence-corrected chi connectivity index (χ1v) is 7.25. The van der Waals surface area contributed by atoms with Crippen molar-refractivity contribution in [1.29, 1.82) is 0 Å². The zero-order valence-electron chi connectivity index (χ0n) is 11.3. The van der Waals surface area contributed by atoms with E-state index in [0.717, 1.165) is 11.8 Å². The molecule has 1 aliphatic carbocycles. The SMILES string of the molecule is COC[C@@H]1C[C@H]1C(=O)Nc1cc2cc(Cl)nc(Cl)c2cn1. The molecular formula is C14H13Cl2N3O2. The topological polar surface area (TPSA) is 64.1 Å². The van der Waals surface area contributed by atoms with E-state index in [9.17, 15) is 4.79 Å². The predicted molar refractivity (Wildman–Crippen MR) is 81.7 cm³/mol. The monoisotopic (exact) mass is 325 g/mol. The highest BCUT2D eigenvalue weighted by atomic mass is 35.5. The van der Waals surface area contributed by atoms with Gasteiger partial charge in [0.05, 0.1) is 0 Å². The first-order chi connectivity index (χ1) is 10.1. The molecular weight excluding hydrogens is 313 g/mol. The van der Waals surface area contributed by atoms with Crippen molar-refractivity contribution in [1.82, 2.24) is 9.97 Å². The number of carbonyl (C=O) groups excluding carboxylic acids is 1. The number of methoxy groups -OCH3 is 1. The molecule has 0 bridgehead atoms. The van der Waals surface area contributed by atoms with Gasteiger partial charge in [-0.25, -0.2) is 9.97 Å². The highest BCUT2D eigenvalue weighted by Gasteiger charge is 2.42. The third-order valence-electron chi connectivity index (χ3n) is 3.53. The molecule has 110 valence electrons. The van der Waals surface area contributed by atoms with Crippen molar-refractivity contribution in [3.8, 4) is 0 Å². The number of pyridine rings is 2. The van der Waals surface area contributed by atoms with Crippen molar-refractivity contribution in [2.45, 2.75) is 6.42 Å². The molecule has 2 heterocycles. The van der Waals surface area contributed by atoms with Crippen LogP contribution in [0, 0.1) is 11.8 Å². The smallest absolute Gasteiger partial charge is 0.229 e. The molecule has 1 amide bonds. The molecule has 0 unspecified atom stereocenters. The molecule has 1 fully saturated rings. The molecule has 0 saturated heterocycles. The van der Waals surface area contributed by atoms with Crippen LogP contribution in [0.15, 0.2) is 18.3 Å². The number of anilines is 1. The summed E-state index contributed by atoms with van der Waals surface area (Å²) in [6.45, 7) is 0.611. The van der Waals surface area contributed by atoms with Crippen LogP contribution in [0.5, 0.6) is 0 Å². The Balaban J connectivity index is 1.77. The van der Waals surface area contributed by atoms with E-state index in [1.807, 2.05) is 0 Å². The van der Waals surface area contributed by atoms with Gasteiger partial charge in [0, 0.05) is 31.2 Å². The van der Waals surface area contributed by atoms with Gasteiger partial charge >= 0.3 is 0 Å². The Hall–Kier alpha value is -1.43. The minimum Gasteiger partial charge on any atom is -0.384 e. The number of fused-ring (bicyclic) bond motifs is 1. The molecule has 0 aromatic carbocycles. The van der Waals surface area contributed by atoms with E-state index in [1.165, 1.54) is 0 Å². The molecule has 0 spiro atoms. The lowest BCUT2D eigenvalue weighted by atomic mass is 10.2. The molecule has 7 heteroatoms. The molecule has 5 nitrogen and oxygen atoms in total. The van der Waals surface area contributed by atoms with Gasteiger partial charge < -0.3 is 10.1 Å². The molecule has 1 N–H and O–H groups in total. The maximum atomic E-state index is 12.1. The molecule has 21 heavy (non-hydrogen) atoms. The van der Waals surface area contributed by atoms with Gasteiger partial charge in [0.2, 0.25) is 5.91 Å². The Labute approximate surface area is 131 Å². The van der Waals surface area contributed by atoms with Gasteiger partial charge in [-0.15, -0.1) is 0 Å². The molecule has 1 aliphatic rings. The molecule has 2 atom stereocenters. The van der Waals surface area contributed by atoms with Crippen LogP contribution in [0.4, 0.5) is 5.82 Å². The number of hydrogen-bond donors (Lipinski definition) is 1. The molecule has 0 radical (unpaired) electrons. The van der Waals surface area contributed by atoms with E-state index in [2.05, 4.69) is 15.3 Å². The summed E-state index contributed by atoms with van der Waals surface area (Å²) in [5.41, 5.74) is 0. The minimum atomic E-state index is -0.0323. The van der Waals surface area contributed by atoms with E-state index < -0.39 is 0 Å². The summed E-state index contributed by atoms with van der Waals surface area (Å²) in [5.74, 6) is 0.764. The average Bonchev–Trinajstić information content (AvgIpc) is 3.18. The van der Waals surface area contributed by atoms with Crippen molar-refractivity contribution >= 4 is 45.7 Å². The summed E-state index contributed by atoms with van der Waals surface area (Å²) in [7, 11) is 1.64. The lowest BCUT2D eigenvalue weighted by Crippen LogP contribution is -2.16. The van der Waals surface area contributed by atoms with Gasteiger partial charge in [0.25, 0.3) is 0 Å². The lowest BCUT2D eigenvalue weighted by molar-refractivity contribution is -0.117. The van der Waals surface area contributed by atoms with Crippen LogP contribution in [0.1, 0.15) is 6.42 Å². The largest absolute Gasteiger partial charge is 0.384 e. The highest BCUT2D eigenvalue weighted by Crippen LogP contribution is 2.39. The minimum absolute atomic E-state index is 0.00654. The average molecular weight is 326 g/mol. The summed E-state index contributed by atoms with van der Waals surface area (Å²) in [6.07, 6.45) is 2.44. The van der Waals surface area contributed by atoms with Gasteiger partial charge in [0.1, 0.15) is 16.1 Å². The van der Waals surface area contributed by atoms with E-state index in [-0.39, 0.29) is 11.8 Å². The number of halogens is 2. The van der Waals surface area contributed by atoms with Gasteiger partial charge in [-0.2, -0.15) is 0 Å². The Bertz CT molecular complexity index is 708. The number of carbonyl (C=O) groups is 1. The fraction of sp³-hybridized carbons (Fsp3) is 0.357. The van der Waals surface area contributed by atoms with Crippen molar-refractivity contribution in [3.05, 3.63) is 28.6 Å². The van der Waals surface area contributed by atoms with Crippen molar-refractivity contribution in [2.24, 2.45) is 11.8 Å². The molecule has 3 rings (SSSR count). The van der Waals surface area contributed by atoms with E-state index >= 15 is 0 Å². The first-order valence-electron chi connectivity index (χ1n) is 6.50. The summed E-state index contributed by atoms with van der Waals surface area (Å²) in [5, 5.41) is 4.90. The standard InChI is InChI=1S/C14H13Cl2N3O2/c1-21-6-8-2-9(8)14(20)19-12-4-7-3-11(15)18-13(16)10(7)5-17-12/h3-5,8-9H,2,6H2,1H3,(H,17,19,20)/t8-,9+/m0/s1. The van der Waals surface area contributed by atoms with E-state index in [1.54, 1.807) is 25.4 Å². The summed E-state index contributed by atoms with van der Waals surface area (Å²) in [6, 6.07) is 3.42. The zero-order chi connectivity index (χ0) is 15.0. The van der Waals surface area contributed by atoms with Crippen molar-refractivity contribution in [3.63, 3.8) is 0 Å². The zero-order valence-corrected chi connectivity index (χ0v) is 12.8. The summed E-state index contributed by atoms with van der Waals surface area (Å²) in [4.78, 5) is 20.2. The van der Waals surface area contributed by atoms with Gasteiger partial charge in [0.15, 0.2) is 0 Å². The number of hydrogen-bond acceptors (Lipinski definition) is 4. The fourth-order valence-corrected chi connectivity index (χ4v) is 2.83. The third kappa shape index (κ3) is 3.10. The second-order valence-electron chi connectivity index (χ2n) is 5.07. The van der Waals surface area contributed by atoms with Crippen LogP contribution in [0.2, 0.25) is 10.3 Å². The lowest BCUT2D eigenvalue weighted by Gasteiger charge is -2.06. The van der Waals surface area contributed by atoms with Crippen LogP contribution in [-0.4, -0.2) is 29.6 Å².